The molecule has 11 nitrogen and oxygen atoms in total. The minimum absolute atomic E-state index is 0.0345. The predicted molar refractivity (Wildman–Crippen MR) is 138 cm³/mol. The van der Waals surface area contributed by atoms with Crippen LogP contribution in [-0.2, 0) is 14.1 Å². The molecule has 5 heterocycles. The van der Waals surface area contributed by atoms with Gasteiger partial charge < -0.3 is 16.0 Å². The lowest BCUT2D eigenvalue weighted by Crippen LogP contribution is -2.36. The summed E-state index contributed by atoms with van der Waals surface area (Å²) in [6, 6.07) is 2.58. The van der Waals surface area contributed by atoms with Crippen LogP contribution in [0.4, 0.5) is 22.5 Å². The van der Waals surface area contributed by atoms with Crippen molar-refractivity contribution in [1.82, 2.24) is 39.7 Å². The van der Waals surface area contributed by atoms with Crippen LogP contribution in [0.1, 0.15) is 35.0 Å². The Labute approximate surface area is 207 Å². The van der Waals surface area contributed by atoms with E-state index in [2.05, 4.69) is 47.9 Å². The standard InChI is InChI=1S/C23H30N10OS/c1-14-10-18(35-19(14)22(34)24-7-9-33-8-5-6-15(33)2)28-20-17-12-25-23(29-21(17)32(4)30-20)27-16-11-26-31(3)13-16/h10-13,15H,5-9H2,1-4H3,(H,24,34)(H,28,30)(H,25,27,29). The maximum atomic E-state index is 12.8. The molecule has 1 amide bonds. The summed E-state index contributed by atoms with van der Waals surface area (Å²) in [6.07, 6.45) is 7.78. The summed E-state index contributed by atoms with van der Waals surface area (Å²) in [4.78, 5) is 25.0. The Morgan fingerprint density at radius 2 is 2.11 bits per heavy atom. The van der Waals surface area contributed by atoms with Crippen LogP contribution in [0.2, 0.25) is 0 Å². The van der Waals surface area contributed by atoms with Crippen LogP contribution in [0.25, 0.3) is 11.0 Å². The molecule has 0 aromatic carbocycles. The minimum Gasteiger partial charge on any atom is -0.350 e. The van der Waals surface area contributed by atoms with Gasteiger partial charge in [0.05, 0.1) is 27.1 Å². The van der Waals surface area contributed by atoms with Gasteiger partial charge in [0.25, 0.3) is 5.91 Å². The highest BCUT2D eigenvalue weighted by Crippen LogP contribution is 2.31. The molecule has 0 radical (unpaired) electrons. The van der Waals surface area contributed by atoms with Crippen LogP contribution in [0.15, 0.2) is 24.7 Å². The van der Waals surface area contributed by atoms with Crippen molar-refractivity contribution >= 4 is 50.7 Å². The van der Waals surface area contributed by atoms with E-state index in [1.165, 1.54) is 24.2 Å². The Bertz CT molecular complexity index is 1360. The molecule has 5 rings (SSSR count). The number of anilines is 4. The SMILES string of the molecule is Cc1cc(Nc2nn(C)c3nc(Nc4cnn(C)c4)ncc23)sc1C(=O)NCCN1CCCC1C. The number of fused-ring (bicyclic) bond motifs is 1. The number of hydrogen-bond donors (Lipinski definition) is 3. The summed E-state index contributed by atoms with van der Waals surface area (Å²) in [5, 5.41) is 19.9. The van der Waals surface area contributed by atoms with Crippen LogP contribution in [0.5, 0.6) is 0 Å². The van der Waals surface area contributed by atoms with E-state index < -0.39 is 0 Å². The Morgan fingerprint density at radius 3 is 2.86 bits per heavy atom. The molecular formula is C23H30N10OS. The summed E-state index contributed by atoms with van der Waals surface area (Å²) in [7, 11) is 3.69. The van der Waals surface area contributed by atoms with Crippen molar-refractivity contribution in [2.45, 2.75) is 32.7 Å². The molecule has 1 aliphatic heterocycles. The molecule has 4 aromatic rings. The van der Waals surface area contributed by atoms with E-state index in [1.54, 1.807) is 21.8 Å². The zero-order valence-electron chi connectivity index (χ0n) is 20.4. The van der Waals surface area contributed by atoms with E-state index in [-0.39, 0.29) is 5.91 Å². The number of hydrogen-bond acceptors (Lipinski definition) is 9. The zero-order valence-corrected chi connectivity index (χ0v) is 21.2. The molecule has 0 aliphatic carbocycles. The van der Waals surface area contributed by atoms with Crippen molar-refractivity contribution in [3.05, 3.63) is 35.1 Å². The van der Waals surface area contributed by atoms with Crippen LogP contribution < -0.4 is 16.0 Å². The van der Waals surface area contributed by atoms with Gasteiger partial charge in [-0.3, -0.25) is 14.4 Å². The monoisotopic (exact) mass is 494 g/mol. The molecule has 0 spiro atoms. The Balaban J connectivity index is 1.26. The van der Waals surface area contributed by atoms with Gasteiger partial charge in [-0.25, -0.2) is 9.67 Å². The molecule has 0 bridgehead atoms. The Hall–Kier alpha value is -3.51. The average molecular weight is 495 g/mol. The van der Waals surface area contributed by atoms with Crippen molar-refractivity contribution in [3.8, 4) is 0 Å². The fourth-order valence-corrected chi connectivity index (χ4v) is 5.40. The number of aromatic nitrogens is 6. The third-order valence-electron chi connectivity index (χ3n) is 6.28. The predicted octanol–water partition coefficient (Wildman–Crippen LogP) is 3.17. The van der Waals surface area contributed by atoms with Crippen LogP contribution in [0, 0.1) is 6.92 Å². The molecule has 12 heteroatoms. The highest BCUT2D eigenvalue weighted by molar-refractivity contribution is 7.18. The number of nitrogens with zero attached hydrogens (tertiary/aromatic N) is 7. The number of rotatable bonds is 8. The molecular weight excluding hydrogens is 464 g/mol. The topological polar surface area (TPSA) is 118 Å². The van der Waals surface area contributed by atoms with Crippen LogP contribution in [-0.4, -0.2) is 66.0 Å². The number of carbonyl (C=O) groups excluding carboxylic acids is 1. The number of nitrogens with one attached hydrogen (secondary N) is 3. The Morgan fingerprint density at radius 1 is 1.26 bits per heavy atom. The number of aryl methyl sites for hydroxylation is 3. The molecule has 35 heavy (non-hydrogen) atoms. The second-order valence-electron chi connectivity index (χ2n) is 8.96. The average Bonchev–Trinajstić information content (AvgIpc) is 3.58. The first-order chi connectivity index (χ1) is 16.9. The third-order valence-corrected chi connectivity index (χ3v) is 7.43. The first-order valence-corrected chi connectivity index (χ1v) is 12.5. The van der Waals surface area contributed by atoms with Gasteiger partial charge in [0.1, 0.15) is 0 Å². The van der Waals surface area contributed by atoms with E-state index in [9.17, 15) is 4.79 Å². The van der Waals surface area contributed by atoms with Crippen molar-refractivity contribution in [2.75, 3.05) is 30.3 Å². The first-order valence-electron chi connectivity index (χ1n) is 11.7. The second kappa shape index (κ2) is 9.62. The van der Waals surface area contributed by atoms with Gasteiger partial charge in [-0.05, 0) is 44.9 Å². The van der Waals surface area contributed by atoms with Gasteiger partial charge in [-0.15, -0.1) is 11.3 Å². The van der Waals surface area contributed by atoms with Crippen molar-refractivity contribution in [3.63, 3.8) is 0 Å². The molecule has 0 saturated carbocycles. The molecule has 4 aromatic heterocycles. The van der Waals surface area contributed by atoms with Gasteiger partial charge >= 0.3 is 0 Å². The first kappa shape index (κ1) is 23.2. The fourth-order valence-electron chi connectivity index (χ4n) is 4.41. The summed E-state index contributed by atoms with van der Waals surface area (Å²) < 4.78 is 3.42. The van der Waals surface area contributed by atoms with E-state index in [1.807, 2.05) is 33.3 Å². The maximum Gasteiger partial charge on any atom is 0.261 e. The summed E-state index contributed by atoms with van der Waals surface area (Å²) in [5.74, 6) is 1.08. The number of amides is 1. The summed E-state index contributed by atoms with van der Waals surface area (Å²) in [5.41, 5.74) is 2.43. The van der Waals surface area contributed by atoms with Crippen LogP contribution in [0.3, 0.4) is 0 Å². The highest BCUT2D eigenvalue weighted by atomic mass is 32.1. The molecule has 1 aliphatic rings. The zero-order chi connectivity index (χ0) is 24.5. The molecule has 184 valence electrons. The largest absolute Gasteiger partial charge is 0.350 e. The number of carbonyl (C=O) groups is 1. The third kappa shape index (κ3) is 4.98. The lowest BCUT2D eigenvalue weighted by atomic mass is 10.2. The van der Waals surface area contributed by atoms with Gasteiger partial charge in [0, 0.05) is 45.6 Å². The van der Waals surface area contributed by atoms with E-state index in [0.29, 0.717) is 34.9 Å². The highest BCUT2D eigenvalue weighted by Gasteiger charge is 2.21. The molecule has 3 N–H and O–H groups in total. The van der Waals surface area contributed by atoms with Gasteiger partial charge in [-0.1, -0.05) is 0 Å². The molecule has 1 fully saturated rings. The second-order valence-corrected chi connectivity index (χ2v) is 10.0. The number of thiophene rings is 1. The van der Waals surface area contributed by atoms with E-state index >= 15 is 0 Å². The Kier molecular flexibility index (Phi) is 6.39. The van der Waals surface area contributed by atoms with Gasteiger partial charge in [0.15, 0.2) is 11.5 Å². The minimum atomic E-state index is -0.0345. The van der Waals surface area contributed by atoms with Gasteiger partial charge in [0.2, 0.25) is 5.95 Å². The molecule has 1 saturated heterocycles. The number of likely N-dealkylation sites (tertiary alicyclic amines) is 1. The van der Waals surface area contributed by atoms with E-state index in [4.69, 9.17) is 0 Å². The summed E-state index contributed by atoms with van der Waals surface area (Å²) in [6.45, 7) is 6.86. The molecule has 1 atom stereocenters. The maximum absolute atomic E-state index is 12.8. The van der Waals surface area contributed by atoms with E-state index in [0.717, 1.165) is 34.7 Å². The molecule has 1 unspecified atom stereocenters. The lowest BCUT2D eigenvalue weighted by molar-refractivity contribution is 0.0951. The van der Waals surface area contributed by atoms with Crippen LogP contribution >= 0.6 is 11.3 Å². The van der Waals surface area contributed by atoms with Crippen molar-refractivity contribution in [1.29, 1.82) is 0 Å². The normalized spacial score (nSPS) is 16.2. The fraction of sp³-hybridized carbons (Fsp3) is 0.435. The smallest absolute Gasteiger partial charge is 0.261 e. The van der Waals surface area contributed by atoms with Gasteiger partial charge in [-0.2, -0.15) is 15.2 Å². The quantitative estimate of drug-likeness (QED) is 0.342. The van der Waals surface area contributed by atoms with Crippen molar-refractivity contribution in [2.24, 2.45) is 14.1 Å². The summed E-state index contributed by atoms with van der Waals surface area (Å²) >= 11 is 1.42. The van der Waals surface area contributed by atoms with Crippen molar-refractivity contribution < 1.29 is 4.79 Å². The lowest BCUT2D eigenvalue weighted by Gasteiger charge is -2.20.